The third-order valence-electron chi connectivity index (χ3n) is 4.28. The molecule has 1 aliphatic rings. The molecule has 3 rings (SSSR count). The molecule has 0 bridgehead atoms. The quantitative estimate of drug-likeness (QED) is 0.946. The van der Waals surface area contributed by atoms with Crippen molar-refractivity contribution in [2.45, 2.75) is 12.0 Å². The molecule has 0 spiro atoms. The molecule has 2 aromatic rings. The van der Waals surface area contributed by atoms with Gasteiger partial charge in [0.25, 0.3) is 5.91 Å². The summed E-state index contributed by atoms with van der Waals surface area (Å²) in [4.78, 5) is 26.1. The normalized spacial score (nSPS) is 20.1. The number of benzene rings is 2. The Bertz CT molecular complexity index is 771. The average Bonchev–Trinajstić information content (AvgIpc) is 2.57. The first-order valence-electron chi connectivity index (χ1n) is 7.27. The van der Waals surface area contributed by atoms with Gasteiger partial charge in [-0.05, 0) is 29.3 Å². The van der Waals surface area contributed by atoms with Crippen LogP contribution in [0.2, 0.25) is 0 Å². The summed E-state index contributed by atoms with van der Waals surface area (Å²) >= 11 is 0. The first-order valence-corrected chi connectivity index (χ1v) is 7.27. The lowest BCUT2D eigenvalue weighted by Crippen LogP contribution is -2.42. The molecule has 0 unspecified atom stereocenters. The highest BCUT2D eigenvalue weighted by molar-refractivity contribution is 6.00. The van der Waals surface area contributed by atoms with Crippen molar-refractivity contribution in [2.24, 2.45) is 0 Å². The molecule has 0 saturated heterocycles. The van der Waals surface area contributed by atoms with Crippen LogP contribution in [0.1, 0.15) is 33.4 Å². The number of aliphatic carboxylic acids is 1. The molecule has 118 valence electrons. The minimum absolute atomic E-state index is 0.175. The molecule has 5 nitrogen and oxygen atoms in total. The fourth-order valence-electron chi connectivity index (χ4n) is 3.18. The van der Waals surface area contributed by atoms with Gasteiger partial charge in [0.1, 0.15) is 11.7 Å². The second-order valence-electron chi connectivity index (χ2n) is 5.54. The molecule has 0 saturated carbocycles. The van der Waals surface area contributed by atoms with Gasteiger partial charge < -0.3 is 14.7 Å². The van der Waals surface area contributed by atoms with E-state index in [9.17, 15) is 14.7 Å². The smallest absolute Gasteiger partial charge is 0.313 e. The summed E-state index contributed by atoms with van der Waals surface area (Å²) in [6.07, 6.45) is 0. The van der Waals surface area contributed by atoms with Crippen molar-refractivity contribution in [3.8, 4) is 5.75 Å². The summed E-state index contributed by atoms with van der Waals surface area (Å²) in [6, 6.07) is 13.5. The molecule has 0 radical (unpaired) electrons. The van der Waals surface area contributed by atoms with Crippen LogP contribution in [0.25, 0.3) is 0 Å². The van der Waals surface area contributed by atoms with E-state index in [4.69, 9.17) is 4.74 Å². The van der Waals surface area contributed by atoms with Gasteiger partial charge in [0, 0.05) is 12.6 Å². The van der Waals surface area contributed by atoms with E-state index >= 15 is 0 Å². The lowest BCUT2D eigenvalue weighted by molar-refractivity contribution is -0.140. The number of amides is 1. The molecule has 23 heavy (non-hydrogen) atoms. The van der Waals surface area contributed by atoms with Gasteiger partial charge in [0.15, 0.2) is 0 Å². The zero-order valence-corrected chi connectivity index (χ0v) is 12.9. The van der Waals surface area contributed by atoms with Crippen molar-refractivity contribution in [3.63, 3.8) is 0 Å². The largest absolute Gasteiger partial charge is 0.497 e. The SMILES string of the molecule is COc1cccc([C@@H]2[C@@H](C(=O)O)c3ccccc3C(=O)N2C)c1. The van der Waals surface area contributed by atoms with Crippen LogP contribution in [-0.4, -0.2) is 36.0 Å². The number of methoxy groups -OCH3 is 1. The van der Waals surface area contributed by atoms with Crippen LogP contribution in [0.3, 0.4) is 0 Å². The van der Waals surface area contributed by atoms with Gasteiger partial charge in [-0.2, -0.15) is 0 Å². The number of hydrogen-bond acceptors (Lipinski definition) is 3. The number of carbonyl (C=O) groups is 2. The molecular formula is C18H17NO4. The van der Waals surface area contributed by atoms with Gasteiger partial charge in [0.2, 0.25) is 0 Å². The first-order chi connectivity index (χ1) is 11.0. The minimum Gasteiger partial charge on any atom is -0.497 e. The van der Waals surface area contributed by atoms with Crippen LogP contribution >= 0.6 is 0 Å². The Hall–Kier alpha value is -2.82. The zero-order chi connectivity index (χ0) is 16.6. The van der Waals surface area contributed by atoms with Crippen molar-refractivity contribution in [2.75, 3.05) is 14.2 Å². The molecule has 1 aliphatic heterocycles. The summed E-state index contributed by atoms with van der Waals surface area (Å²) in [6.45, 7) is 0. The molecule has 1 amide bonds. The number of carbonyl (C=O) groups excluding carboxylic acids is 1. The molecule has 0 fully saturated rings. The number of carboxylic acid groups (broad SMARTS) is 1. The average molecular weight is 311 g/mol. The number of ether oxygens (including phenoxy) is 1. The van der Waals surface area contributed by atoms with Gasteiger partial charge in [-0.1, -0.05) is 30.3 Å². The predicted molar refractivity (Wildman–Crippen MR) is 84.6 cm³/mol. The fourth-order valence-corrected chi connectivity index (χ4v) is 3.18. The predicted octanol–water partition coefficient (Wildman–Crippen LogP) is 2.69. The summed E-state index contributed by atoms with van der Waals surface area (Å²) in [5.41, 5.74) is 1.74. The van der Waals surface area contributed by atoms with Crippen LogP contribution in [0.15, 0.2) is 48.5 Å². The highest BCUT2D eigenvalue weighted by Gasteiger charge is 2.42. The number of likely N-dealkylation sites (N-methyl/N-ethyl adjacent to an activating group) is 1. The van der Waals surface area contributed by atoms with Crippen molar-refractivity contribution in [1.82, 2.24) is 4.90 Å². The van der Waals surface area contributed by atoms with Gasteiger partial charge in [-0.15, -0.1) is 0 Å². The van der Waals surface area contributed by atoms with Gasteiger partial charge >= 0.3 is 5.97 Å². The maximum absolute atomic E-state index is 12.6. The van der Waals surface area contributed by atoms with Crippen molar-refractivity contribution < 1.29 is 19.4 Å². The van der Waals surface area contributed by atoms with E-state index in [1.807, 2.05) is 6.07 Å². The first kappa shape index (κ1) is 15.1. The van der Waals surface area contributed by atoms with Crippen LogP contribution in [0.4, 0.5) is 0 Å². The molecule has 2 aromatic carbocycles. The molecule has 0 aliphatic carbocycles. The third kappa shape index (κ3) is 2.44. The number of hydrogen-bond donors (Lipinski definition) is 1. The van der Waals surface area contributed by atoms with Gasteiger partial charge in [0.05, 0.1) is 13.2 Å². The Balaban J connectivity index is 2.18. The van der Waals surface area contributed by atoms with Crippen molar-refractivity contribution >= 4 is 11.9 Å². The van der Waals surface area contributed by atoms with Crippen LogP contribution in [-0.2, 0) is 4.79 Å². The lowest BCUT2D eigenvalue weighted by Gasteiger charge is -2.38. The molecular weight excluding hydrogens is 294 g/mol. The number of rotatable bonds is 3. The zero-order valence-electron chi connectivity index (χ0n) is 12.9. The van der Waals surface area contributed by atoms with Crippen LogP contribution in [0.5, 0.6) is 5.75 Å². The molecule has 0 aromatic heterocycles. The topological polar surface area (TPSA) is 66.8 Å². The second kappa shape index (κ2) is 5.76. The Kier molecular flexibility index (Phi) is 3.78. The molecule has 5 heteroatoms. The van der Waals surface area contributed by atoms with E-state index in [0.717, 1.165) is 5.56 Å². The van der Waals surface area contributed by atoms with Crippen LogP contribution in [0, 0.1) is 0 Å². The maximum atomic E-state index is 12.6. The summed E-state index contributed by atoms with van der Waals surface area (Å²) < 4.78 is 5.22. The highest BCUT2D eigenvalue weighted by Crippen LogP contribution is 2.42. The summed E-state index contributed by atoms with van der Waals surface area (Å²) in [7, 11) is 3.19. The van der Waals surface area contributed by atoms with E-state index in [0.29, 0.717) is 16.9 Å². The maximum Gasteiger partial charge on any atom is 0.313 e. The van der Waals surface area contributed by atoms with Crippen LogP contribution < -0.4 is 4.74 Å². The van der Waals surface area contributed by atoms with E-state index in [-0.39, 0.29) is 5.91 Å². The van der Waals surface area contributed by atoms with E-state index in [1.54, 1.807) is 56.6 Å². The second-order valence-corrected chi connectivity index (χ2v) is 5.54. The highest BCUT2D eigenvalue weighted by atomic mass is 16.5. The number of fused-ring (bicyclic) bond motifs is 1. The van der Waals surface area contributed by atoms with Gasteiger partial charge in [-0.25, -0.2) is 0 Å². The Morgan fingerprint density at radius 2 is 1.91 bits per heavy atom. The number of carboxylic acids is 1. The van der Waals surface area contributed by atoms with Crippen molar-refractivity contribution in [3.05, 3.63) is 65.2 Å². The summed E-state index contributed by atoms with van der Waals surface area (Å²) in [5, 5.41) is 9.78. The minimum atomic E-state index is -0.954. The monoisotopic (exact) mass is 311 g/mol. The van der Waals surface area contributed by atoms with E-state index in [2.05, 4.69) is 0 Å². The lowest BCUT2D eigenvalue weighted by atomic mass is 9.80. The van der Waals surface area contributed by atoms with Gasteiger partial charge in [-0.3, -0.25) is 9.59 Å². The Labute approximate surface area is 134 Å². The number of nitrogens with zero attached hydrogens (tertiary/aromatic N) is 1. The Morgan fingerprint density at radius 3 is 2.61 bits per heavy atom. The molecule has 2 atom stereocenters. The van der Waals surface area contributed by atoms with E-state index in [1.165, 1.54) is 4.90 Å². The van der Waals surface area contributed by atoms with E-state index < -0.39 is 17.9 Å². The Morgan fingerprint density at radius 1 is 1.17 bits per heavy atom. The molecule has 1 N–H and O–H groups in total. The summed E-state index contributed by atoms with van der Waals surface area (Å²) in [5.74, 6) is -1.32. The molecule has 1 heterocycles. The fraction of sp³-hybridized carbons (Fsp3) is 0.222. The van der Waals surface area contributed by atoms with Crippen molar-refractivity contribution in [1.29, 1.82) is 0 Å². The standard InChI is InChI=1S/C18H17NO4/c1-19-16(11-6-5-7-12(10-11)23-2)15(18(21)22)13-8-3-4-9-14(13)17(19)20/h3-10,15-16H,1-2H3,(H,21,22)/t15-,16+/m0/s1. The third-order valence-corrected chi connectivity index (χ3v) is 4.28.